The summed E-state index contributed by atoms with van der Waals surface area (Å²) in [6.45, 7) is 2.15. The summed E-state index contributed by atoms with van der Waals surface area (Å²) in [5, 5.41) is 9.38. The SMILES string of the molecule is CC(N)c1ccc(SCCCO)cc1Cl. The average Bonchev–Trinajstić information content (AvgIpc) is 2.17. The van der Waals surface area contributed by atoms with Crippen LogP contribution >= 0.6 is 23.4 Å². The van der Waals surface area contributed by atoms with Crippen LogP contribution in [0.5, 0.6) is 0 Å². The number of nitrogens with two attached hydrogens (primary N) is 1. The van der Waals surface area contributed by atoms with E-state index in [0.29, 0.717) is 0 Å². The van der Waals surface area contributed by atoms with Gasteiger partial charge in [-0.2, -0.15) is 0 Å². The van der Waals surface area contributed by atoms with Crippen LogP contribution in [0.3, 0.4) is 0 Å². The third-order valence-electron chi connectivity index (χ3n) is 2.03. The minimum atomic E-state index is -0.0333. The third-order valence-corrected chi connectivity index (χ3v) is 3.44. The molecule has 0 bridgehead atoms. The van der Waals surface area contributed by atoms with Crippen molar-refractivity contribution in [1.82, 2.24) is 0 Å². The van der Waals surface area contributed by atoms with Crippen LogP contribution in [-0.2, 0) is 0 Å². The van der Waals surface area contributed by atoms with Crippen LogP contribution in [0.2, 0.25) is 5.02 Å². The quantitative estimate of drug-likeness (QED) is 0.620. The molecule has 1 atom stereocenters. The van der Waals surface area contributed by atoms with Gasteiger partial charge < -0.3 is 10.8 Å². The largest absolute Gasteiger partial charge is 0.396 e. The summed E-state index contributed by atoms with van der Waals surface area (Å²) in [4.78, 5) is 1.12. The maximum atomic E-state index is 8.66. The average molecular weight is 246 g/mol. The Morgan fingerprint density at radius 1 is 1.53 bits per heavy atom. The van der Waals surface area contributed by atoms with Crippen LogP contribution in [0.1, 0.15) is 24.9 Å². The second kappa shape index (κ2) is 6.38. The molecule has 0 amide bonds. The van der Waals surface area contributed by atoms with E-state index in [1.807, 2.05) is 25.1 Å². The number of hydrogen-bond acceptors (Lipinski definition) is 3. The zero-order valence-electron chi connectivity index (χ0n) is 8.74. The van der Waals surface area contributed by atoms with Gasteiger partial charge in [-0.15, -0.1) is 11.8 Å². The van der Waals surface area contributed by atoms with Gasteiger partial charge in [-0.1, -0.05) is 17.7 Å². The van der Waals surface area contributed by atoms with Crippen molar-refractivity contribution in [2.45, 2.75) is 24.3 Å². The van der Waals surface area contributed by atoms with Crippen LogP contribution in [0.25, 0.3) is 0 Å². The van der Waals surface area contributed by atoms with E-state index >= 15 is 0 Å². The van der Waals surface area contributed by atoms with Crippen LogP contribution in [-0.4, -0.2) is 17.5 Å². The molecule has 0 aromatic heterocycles. The molecular weight excluding hydrogens is 230 g/mol. The molecule has 1 rings (SSSR count). The summed E-state index contributed by atoms with van der Waals surface area (Å²) in [6, 6.07) is 5.89. The number of aliphatic hydroxyl groups is 1. The highest BCUT2D eigenvalue weighted by Gasteiger charge is 2.05. The first-order chi connectivity index (χ1) is 7.15. The highest BCUT2D eigenvalue weighted by atomic mass is 35.5. The third kappa shape index (κ3) is 4.03. The van der Waals surface area contributed by atoms with Crippen molar-refractivity contribution < 1.29 is 5.11 Å². The molecule has 1 aromatic rings. The fourth-order valence-corrected chi connectivity index (χ4v) is 2.51. The molecule has 3 N–H and O–H groups in total. The maximum Gasteiger partial charge on any atom is 0.0464 e. The van der Waals surface area contributed by atoms with Crippen molar-refractivity contribution in [3.63, 3.8) is 0 Å². The lowest BCUT2D eigenvalue weighted by atomic mass is 10.1. The lowest BCUT2D eigenvalue weighted by molar-refractivity contribution is 0.296. The van der Waals surface area contributed by atoms with Crippen LogP contribution in [0.4, 0.5) is 0 Å². The summed E-state index contributed by atoms with van der Waals surface area (Å²) in [5.41, 5.74) is 6.74. The van der Waals surface area contributed by atoms with Crippen LogP contribution < -0.4 is 5.73 Å². The topological polar surface area (TPSA) is 46.2 Å². The monoisotopic (exact) mass is 245 g/mol. The summed E-state index contributed by atoms with van der Waals surface area (Å²) >= 11 is 7.79. The molecule has 2 nitrogen and oxygen atoms in total. The second-order valence-electron chi connectivity index (χ2n) is 3.40. The summed E-state index contributed by atoms with van der Waals surface area (Å²) in [6.07, 6.45) is 0.803. The van der Waals surface area contributed by atoms with Gasteiger partial charge in [0.05, 0.1) is 0 Å². The molecule has 0 spiro atoms. The van der Waals surface area contributed by atoms with Gasteiger partial charge in [0.25, 0.3) is 0 Å². The van der Waals surface area contributed by atoms with E-state index < -0.39 is 0 Å². The van der Waals surface area contributed by atoms with Gasteiger partial charge in [0.15, 0.2) is 0 Å². The van der Waals surface area contributed by atoms with Crippen molar-refractivity contribution in [2.75, 3.05) is 12.4 Å². The van der Waals surface area contributed by atoms with Gasteiger partial charge in [-0.25, -0.2) is 0 Å². The molecule has 0 fully saturated rings. The minimum Gasteiger partial charge on any atom is -0.396 e. The molecule has 0 saturated heterocycles. The van der Waals surface area contributed by atoms with E-state index in [0.717, 1.165) is 27.7 Å². The fraction of sp³-hybridized carbons (Fsp3) is 0.455. The summed E-state index contributed by atoms with van der Waals surface area (Å²) in [7, 11) is 0. The normalized spacial score (nSPS) is 12.8. The van der Waals surface area contributed by atoms with Crippen molar-refractivity contribution in [2.24, 2.45) is 5.73 Å². The molecule has 0 aliphatic carbocycles. The molecule has 0 aliphatic heterocycles. The fourth-order valence-electron chi connectivity index (χ4n) is 1.22. The first-order valence-electron chi connectivity index (χ1n) is 4.94. The minimum absolute atomic E-state index is 0.0333. The predicted octanol–water partition coefficient (Wildman–Crippen LogP) is 2.83. The van der Waals surface area contributed by atoms with E-state index in [-0.39, 0.29) is 12.6 Å². The molecule has 0 aliphatic rings. The Bertz CT molecular complexity index is 317. The number of benzene rings is 1. The molecule has 15 heavy (non-hydrogen) atoms. The molecule has 4 heteroatoms. The van der Waals surface area contributed by atoms with Gasteiger partial charge in [0.2, 0.25) is 0 Å². The lowest BCUT2D eigenvalue weighted by Crippen LogP contribution is -2.05. The Balaban J connectivity index is 2.65. The van der Waals surface area contributed by atoms with Gasteiger partial charge >= 0.3 is 0 Å². The van der Waals surface area contributed by atoms with Crippen molar-refractivity contribution >= 4 is 23.4 Å². The first-order valence-corrected chi connectivity index (χ1v) is 6.30. The number of thioether (sulfide) groups is 1. The Labute approximate surface area is 99.8 Å². The molecule has 1 aromatic carbocycles. The maximum absolute atomic E-state index is 8.66. The van der Waals surface area contributed by atoms with Crippen LogP contribution in [0.15, 0.2) is 23.1 Å². The van der Waals surface area contributed by atoms with Crippen molar-refractivity contribution in [3.8, 4) is 0 Å². The van der Waals surface area contributed by atoms with E-state index in [9.17, 15) is 0 Å². The van der Waals surface area contributed by atoms with E-state index in [1.54, 1.807) is 11.8 Å². The molecular formula is C11H16ClNOS. The Morgan fingerprint density at radius 3 is 2.80 bits per heavy atom. The van der Waals surface area contributed by atoms with Gasteiger partial charge in [0.1, 0.15) is 0 Å². The van der Waals surface area contributed by atoms with E-state index in [4.69, 9.17) is 22.4 Å². The smallest absolute Gasteiger partial charge is 0.0464 e. The zero-order chi connectivity index (χ0) is 11.3. The number of hydrogen-bond donors (Lipinski definition) is 2. The molecule has 0 saturated carbocycles. The number of rotatable bonds is 5. The Hall–Kier alpha value is -0.220. The summed E-state index contributed by atoms with van der Waals surface area (Å²) in [5.74, 6) is 0.907. The number of halogens is 1. The summed E-state index contributed by atoms with van der Waals surface area (Å²) < 4.78 is 0. The standard InChI is InChI=1S/C11H16ClNOS/c1-8(13)10-4-3-9(7-11(10)12)15-6-2-5-14/h3-4,7-8,14H,2,5-6,13H2,1H3. The zero-order valence-corrected chi connectivity index (χ0v) is 10.3. The number of aliphatic hydroxyl groups excluding tert-OH is 1. The first kappa shape index (κ1) is 12.8. The lowest BCUT2D eigenvalue weighted by Gasteiger charge is -2.09. The highest BCUT2D eigenvalue weighted by molar-refractivity contribution is 7.99. The van der Waals surface area contributed by atoms with E-state index in [1.165, 1.54) is 0 Å². The Kier molecular flexibility index (Phi) is 5.47. The molecule has 0 radical (unpaired) electrons. The predicted molar refractivity (Wildman–Crippen MR) is 66.5 cm³/mol. The van der Waals surface area contributed by atoms with Gasteiger partial charge in [0, 0.05) is 28.3 Å². The van der Waals surface area contributed by atoms with E-state index in [2.05, 4.69) is 0 Å². The van der Waals surface area contributed by atoms with Crippen LogP contribution in [0, 0.1) is 0 Å². The van der Waals surface area contributed by atoms with Gasteiger partial charge in [-0.05, 0) is 31.0 Å². The molecule has 0 heterocycles. The Morgan fingerprint density at radius 2 is 2.27 bits per heavy atom. The second-order valence-corrected chi connectivity index (χ2v) is 4.97. The highest BCUT2D eigenvalue weighted by Crippen LogP contribution is 2.27. The van der Waals surface area contributed by atoms with Crippen molar-refractivity contribution in [1.29, 1.82) is 0 Å². The molecule has 1 unspecified atom stereocenters. The van der Waals surface area contributed by atoms with Gasteiger partial charge in [-0.3, -0.25) is 0 Å². The van der Waals surface area contributed by atoms with Crippen molar-refractivity contribution in [3.05, 3.63) is 28.8 Å². The molecule has 84 valence electrons.